The molecule has 1 aromatic carbocycles. The Bertz CT molecular complexity index is 567. The van der Waals surface area contributed by atoms with Crippen molar-refractivity contribution in [2.45, 2.75) is 0 Å². The van der Waals surface area contributed by atoms with Crippen LogP contribution in [0.25, 0.3) is 0 Å². The van der Waals surface area contributed by atoms with Crippen molar-refractivity contribution >= 4 is 27.7 Å². The Morgan fingerprint density at radius 2 is 2.00 bits per heavy atom. The maximum atomic E-state index is 13.5. The number of rotatable bonds is 2. The lowest BCUT2D eigenvalue weighted by Crippen LogP contribution is -2.15. The highest BCUT2D eigenvalue weighted by Gasteiger charge is 2.15. The highest BCUT2D eigenvalue weighted by Crippen LogP contribution is 2.20. The van der Waals surface area contributed by atoms with Crippen LogP contribution in [0.4, 0.5) is 14.6 Å². The van der Waals surface area contributed by atoms with Gasteiger partial charge in [-0.2, -0.15) is 0 Å². The molecule has 0 aliphatic heterocycles. The number of nitrogens with one attached hydrogen (secondary N) is 1. The number of carbonyl (C=O) groups excluding carboxylic acids is 1. The van der Waals surface area contributed by atoms with Crippen molar-refractivity contribution in [1.82, 2.24) is 4.98 Å². The zero-order chi connectivity index (χ0) is 13.1. The normalized spacial score (nSPS) is 10.2. The summed E-state index contributed by atoms with van der Waals surface area (Å²) < 4.78 is 26.5. The molecule has 0 saturated heterocycles. The summed E-state index contributed by atoms with van der Waals surface area (Å²) in [5.74, 6) is -1.67. The van der Waals surface area contributed by atoms with E-state index in [0.717, 1.165) is 12.3 Å². The third-order valence-electron chi connectivity index (χ3n) is 2.16. The second kappa shape index (κ2) is 5.22. The lowest BCUT2D eigenvalue weighted by Gasteiger charge is -2.06. The average molecular weight is 313 g/mol. The first-order valence-electron chi connectivity index (χ1n) is 4.95. The van der Waals surface area contributed by atoms with Crippen molar-refractivity contribution in [2.75, 3.05) is 5.32 Å². The number of halogens is 3. The Morgan fingerprint density at radius 1 is 1.22 bits per heavy atom. The van der Waals surface area contributed by atoms with E-state index >= 15 is 0 Å². The van der Waals surface area contributed by atoms with Gasteiger partial charge in [-0.25, -0.2) is 13.8 Å². The molecule has 2 rings (SSSR count). The van der Waals surface area contributed by atoms with E-state index in [9.17, 15) is 13.6 Å². The molecule has 0 spiro atoms. The number of nitrogens with zero attached hydrogens (tertiary/aromatic N) is 1. The smallest absolute Gasteiger partial charge is 0.260 e. The predicted octanol–water partition coefficient (Wildman–Crippen LogP) is 3.37. The first-order chi connectivity index (χ1) is 8.58. The van der Waals surface area contributed by atoms with Gasteiger partial charge in [-0.1, -0.05) is 6.07 Å². The molecule has 0 atom stereocenters. The molecule has 0 saturated carbocycles. The van der Waals surface area contributed by atoms with E-state index in [0.29, 0.717) is 4.47 Å². The standard InChI is InChI=1S/C12H7BrF2N2O/c13-8-2-1-3-9(15)11(8)12(18)17-10-5-4-7(14)6-16-10/h1-6H,(H,16,17,18). The topological polar surface area (TPSA) is 42.0 Å². The highest BCUT2D eigenvalue weighted by atomic mass is 79.9. The van der Waals surface area contributed by atoms with E-state index in [2.05, 4.69) is 26.2 Å². The minimum Gasteiger partial charge on any atom is -0.306 e. The van der Waals surface area contributed by atoms with E-state index < -0.39 is 17.5 Å². The van der Waals surface area contributed by atoms with E-state index in [-0.39, 0.29) is 11.4 Å². The van der Waals surface area contributed by atoms with Crippen molar-refractivity contribution in [3.8, 4) is 0 Å². The Balaban J connectivity index is 2.25. The number of aromatic nitrogens is 1. The third kappa shape index (κ3) is 2.70. The summed E-state index contributed by atoms with van der Waals surface area (Å²) in [5.41, 5.74) is -0.122. The summed E-state index contributed by atoms with van der Waals surface area (Å²) in [6.45, 7) is 0. The van der Waals surface area contributed by atoms with E-state index in [1.807, 2.05) is 0 Å². The molecule has 18 heavy (non-hydrogen) atoms. The predicted molar refractivity (Wildman–Crippen MR) is 66.2 cm³/mol. The van der Waals surface area contributed by atoms with Crippen molar-refractivity contribution in [1.29, 1.82) is 0 Å². The fourth-order valence-electron chi connectivity index (χ4n) is 1.34. The van der Waals surface area contributed by atoms with Gasteiger partial charge in [0.25, 0.3) is 5.91 Å². The van der Waals surface area contributed by atoms with Gasteiger partial charge in [0.05, 0.1) is 11.8 Å². The van der Waals surface area contributed by atoms with Crippen LogP contribution in [-0.4, -0.2) is 10.9 Å². The molecule has 0 bridgehead atoms. The van der Waals surface area contributed by atoms with Crippen LogP contribution in [0.5, 0.6) is 0 Å². The van der Waals surface area contributed by atoms with Gasteiger partial charge in [-0.3, -0.25) is 4.79 Å². The van der Waals surface area contributed by atoms with Crippen molar-refractivity contribution in [3.63, 3.8) is 0 Å². The fourth-order valence-corrected chi connectivity index (χ4v) is 1.87. The van der Waals surface area contributed by atoms with Crippen molar-refractivity contribution in [3.05, 3.63) is 58.2 Å². The summed E-state index contributed by atoms with van der Waals surface area (Å²) in [4.78, 5) is 15.5. The van der Waals surface area contributed by atoms with E-state index in [1.54, 1.807) is 6.07 Å². The monoisotopic (exact) mass is 312 g/mol. The second-order valence-electron chi connectivity index (χ2n) is 3.41. The Kier molecular flexibility index (Phi) is 3.66. The van der Waals surface area contributed by atoms with Crippen LogP contribution in [0, 0.1) is 11.6 Å². The minimum absolute atomic E-state index is 0.122. The lowest BCUT2D eigenvalue weighted by atomic mass is 10.2. The van der Waals surface area contributed by atoms with Gasteiger partial charge in [0.1, 0.15) is 17.5 Å². The largest absolute Gasteiger partial charge is 0.306 e. The lowest BCUT2D eigenvalue weighted by molar-refractivity contribution is 0.102. The van der Waals surface area contributed by atoms with E-state index in [4.69, 9.17) is 0 Å². The molecule has 0 fully saturated rings. The molecule has 0 aliphatic rings. The number of benzene rings is 1. The maximum absolute atomic E-state index is 13.5. The number of hydrogen-bond donors (Lipinski definition) is 1. The average Bonchev–Trinajstić information content (AvgIpc) is 2.32. The molecular formula is C12H7BrF2N2O. The van der Waals surface area contributed by atoms with Gasteiger partial charge in [-0.15, -0.1) is 0 Å². The maximum Gasteiger partial charge on any atom is 0.260 e. The first kappa shape index (κ1) is 12.6. The Morgan fingerprint density at radius 3 is 2.61 bits per heavy atom. The number of carbonyl (C=O) groups is 1. The molecule has 2 aromatic rings. The summed E-state index contributed by atoms with van der Waals surface area (Å²) in [5, 5.41) is 2.38. The molecule has 1 amide bonds. The molecule has 1 N–H and O–H groups in total. The molecule has 3 nitrogen and oxygen atoms in total. The van der Waals surface area contributed by atoms with Crippen LogP contribution in [0.1, 0.15) is 10.4 Å². The molecular weight excluding hydrogens is 306 g/mol. The number of anilines is 1. The minimum atomic E-state index is -0.654. The van der Waals surface area contributed by atoms with Crippen LogP contribution >= 0.6 is 15.9 Å². The van der Waals surface area contributed by atoms with Crippen LogP contribution < -0.4 is 5.32 Å². The summed E-state index contributed by atoms with van der Waals surface area (Å²) in [6.07, 6.45) is 0.964. The first-order valence-corrected chi connectivity index (χ1v) is 5.74. The van der Waals surface area contributed by atoms with Gasteiger partial charge in [0.2, 0.25) is 0 Å². The van der Waals surface area contributed by atoms with Crippen LogP contribution in [0.2, 0.25) is 0 Å². The van der Waals surface area contributed by atoms with Crippen LogP contribution in [0.15, 0.2) is 41.0 Å². The number of amides is 1. The SMILES string of the molecule is O=C(Nc1ccc(F)cn1)c1c(F)cccc1Br. The summed E-state index contributed by atoms with van der Waals surface area (Å²) >= 11 is 3.09. The number of pyridine rings is 1. The van der Waals surface area contributed by atoms with Gasteiger partial charge in [0, 0.05) is 4.47 Å². The van der Waals surface area contributed by atoms with E-state index in [1.165, 1.54) is 18.2 Å². The molecule has 6 heteroatoms. The van der Waals surface area contributed by atoms with Crippen LogP contribution in [-0.2, 0) is 0 Å². The molecule has 1 aromatic heterocycles. The quantitative estimate of drug-likeness (QED) is 0.923. The van der Waals surface area contributed by atoms with Gasteiger partial charge < -0.3 is 5.32 Å². The van der Waals surface area contributed by atoms with Gasteiger partial charge >= 0.3 is 0 Å². The fraction of sp³-hybridized carbons (Fsp3) is 0. The summed E-state index contributed by atoms with van der Waals surface area (Å²) in [6, 6.07) is 6.65. The van der Waals surface area contributed by atoms with Gasteiger partial charge in [-0.05, 0) is 40.2 Å². The zero-order valence-corrected chi connectivity index (χ0v) is 10.5. The molecule has 0 unspecified atom stereocenters. The van der Waals surface area contributed by atoms with Crippen molar-refractivity contribution < 1.29 is 13.6 Å². The zero-order valence-electron chi connectivity index (χ0n) is 8.95. The Hall–Kier alpha value is -1.82. The molecule has 0 aliphatic carbocycles. The summed E-state index contributed by atoms with van der Waals surface area (Å²) in [7, 11) is 0. The molecule has 1 heterocycles. The molecule has 0 radical (unpaired) electrons. The van der Waals surface area contributed by atoms with Gasteiger partial charge in [0.15, 0.2) is 0 Å². The number of hydrogen-bond acceptors (Lipinski definition) is 2. The highest BCUT2D eigenvalue weighted by molar-refractivity contribution is 9.10. The molecule has 92 valence electrons. The third-order valence-corrected chi connectivity index (χ3v) is 2.82. The van der Waals surface area contributed by atoms with Crippen molar-refractivity contribution in [2.24, 2.45) is 0 Å². The Labute approximate surface area is 110 Å². The second-order valence-corrected chi connectivity index (χ2v) is 4.27. The van der Waals surface area contributed by atoms with Crippen LogP contribution in [0.3, 0.4) is 0 Å².